The maximum atomic E-state index is 13.4. The Morgan fingerprint density at radius 1 is 0.954 bits per heavy atom. The van der Waals surface area contributed by atoms with Gasteiger partial charge in [0.1, 0.15) is 16.8 Å². The van der Waals surface area contributed by atoms with E-state index >= 15 is 0 Å². The third-order valence-corrected chi connectivity index (χ3v) is 15.0. The third-order valence-electron chi connectivity index (χ3n) is 11.5. The molecular formula is C46H52ClN7O9S2. The third kappa shape index (κ3) is 10.6. The number of para-hydroxylation sites is 1. The topological polar surface area (TPSA) is 206 Å². The van der Waals surface area contributed by atoms with Gasteiger partial charge in [0.15, 0.2) is 15.7 Å². The molecule has 4 aromatic rings. The van der Waals surface area contributed by atoms with Crippen molar-refractivity contribution in [3.8, 4) is 5.75 Å². The number of nitrogens with zero attached hydrogens (tertiary/aromatic N) is 4. The molecule has 1 unspecified atom stereocenters. The molecular weight excluding hydrogens is 894 g/mol. The second-order valence-electron chi connectivity index (χ2n) is 16.6. The van der Waals surface area contributed by atoms with Crippen LogP contribution in [0.25, 0.3) is 0 Å². The van der Waals surface area contributed by atoms with Gasteiger partial charge in [0, 0.05) is 30.2 Å². The summed E-state index contributed by atoms with van der Waals surface area (Å²) in [6, 6.07) is 14.6. The lowest BCUT2D eigenvalue weighted by Gasteiger charge is -2.33. The number of aromatic nitrogens is 2. The summed E-state index contributed by atoms with van der Waals surface area (Å²) in [4.78, 5) is 76.4. The van der Waals surface area contributed by atoms with E-state index in [4.69, 9.17) is 21.1 Å². The van der Waals surface area contributed by atoms with Crippen LogP contribution in [0.3, 0.4) is 0 Å². The molecule has 3 N–H and O–H groups in total. The van der Waals surface area contributed by atoms with Gasteiger partial charge in [-0.25, -0.2) is 13.4 Å². The van der Waals surface area contributed by atoms with Gasteiger partial charge in [-0.2, -0.15) is 4.98 Å². The molecule has 4 heterocycles. The van der Waals surface area contributed by atoms with Gasteiger partial charge < -0.3 is 25.0 Å². The standard InChI is InChI=1S/C46H52ClN7O9S2/c1-26(2)63-36-24-31(28(5)23-34(36)50-46-48-25-32(47)42(52-46)49-33-10-6-7-12-38(33)65(60,61)27(3)4)29-15-18-53(19-16-29)40(56)17-20-62-21-22-64-37-11-8-9-30-41(37)45(59)54(44(30)58)35-13-14-39(55)51-43(35)57/h6-12,23-27,29,35H,13-22H2,1-5H3,(H,51,55,57)(H2,48,49,50,52). The normalized spacial score (nSPS) is 16.9. The van der Waals surface area contributed by atoms with E-state index in [0.29, 0.717) is 47.5 Å². The van der Waals surface area contributed by atoms with Gasteiger partial charge in [0.05, 0.1) is 64.6 Å². The lowest BCUT2D eigenvalue weighted by Crippen LogP contribution is -2.54. The minimum Gasteiger partial charge on any atom is -0.489 e. The number of anilines is 4. The molecule has 2 fully saturated rings. The van der Waals surface area contributed by atoms with Crippen LogP contribution in [0.1, 0.15) is 97.6 Å². The molecule has 5 amide bonds. The number of carbonyl (C=O) groups is 5. The second kappa shape index (κ2) is 20.3. The molecule has 3 aliphatic heterocycles. The lowest BCUT2D eigenvalue weighted by atomic mass is 9.86. The second-order valence-corrected chi connectivity index (χ2v) is 20.6. The predicted molar refractivity (Wildman–Crippen MR) is 247 cm³/mol. The summed E-state index contributed by atoms with van der Waals surface area (Å²) in [5, 5.41) is 8.16. The number of amides is 5. The Kier molecular flexibility index (Phi) is 14.8. The SMILES string of the molecule is Cc1cc(Nc2ncc(Cl)c(Nc3ccccc3S(=O)(=O)C(C)C)n2)c(OC(C)C)cc1C1CCN(C(=O)CCOCCSc2cccc3c2C(=O)N(C2CCC(=O)NC2=O)C3=O)CC1. The van der Waals surface area contributed by atoms with Crippen LogP contribution in [0.4, 0.5) is 23.1 Å². The highest BCUT2D eigenvalue weighted by molar-refractivity contribution is 7.99. The number of benzene rings is 3. The summed E-state index contributed by atoms with van der Waals surface area (Å²) < 4.78 is 38.3. The molecule has 3 aliphatic rings. The molecule has 344 valence electrons. The highest BCUT2D eigenvalue weighted by Gasteiger charge is 2.45. The number of sulfone groups is 1. The zero-order valence-corrected chi connectivity index (χ0v) is 39.2. The number of nitrogens with one attached hydrogen (secondary N) is 3. The van der Waals surface area contributed by atoms with Crippen LogP contribution >= 0.6 is 23.4 Å². The van der Waals surface area contributed by atoms with E-state index in [2.05, 4.69) is 25.9 Å². The Morgan fingerprint density at radius 2 is 1.71 bits per heavy atom. The molecule has 3 aromatic carbocycles. The maximum absolute atomic E-state index is 13.4. The summed E-state index contributed by atoms with van der Waals surface area (Å²) in [6.07, 6.45) is 3.20. The van der Waals surface area contributed by atoms with E-state index in [1.165, 1.54) is 18.0 Å². The number of piperidine rings is 2. The Balaban J connectivity index is 0.909. The van der Waals surface area contributed by atoms with Gasteiger partial charge in [-0.05, 0) is 107 Å². The number of rotatable bonds is 17. The minimum absolute atomic E-state index is 0.0107. The fraction of sp³-hybridized carbons (Fsp3) is 0.413. The molecule has 0 radical (unpaired) electrons. The summed E-state index contributed by atoms with van der Waals surface area (Å²) in [5.74, 6) is -0.441. The highest BCUT2D eigenvalue weighted by atomic mass is 35.5. The number of thioether (sulfide) groups is 1. The van der Waals surface area contributed by atoms with Gasteiger partial charge in [0.2, 0.25) is 23.7 Å². The van der Waals surface area contributed by atoms with Gasteiger partial charge in [-0.15, -0.1) is 11.8 Å². The van der Waals surface area contributed by atoms with Crippen LogP contribution in [-0.2, 0) is 29.0 Å². The number of fused-ring (bicyclic) bond motifs is 1. The summed E-state index contributed by atoms with van der Waals surface area (Å²) in [5.41, 5.74) is 3.62. The Hall–Kier alpha value is -5.56. The zero-order valence-electron chi connectivity index (χ0n) is 36.8. The monoisotopic (exact) mass is 945 g/mol. The summed E-state index contributed by atoms with van der Waals surface area (Å²) in [6.45, 7) is 10.9. The minimum atomic E-state index is -3.60. The van der Waals surface area contributed by atoms with E-state index < -0.39 is 44.8 Å². The Bertz CT molecular complexity index is 2620. The van der Waals surface area contributed by atoms with Crippen molar-refractivity contribution < 1.29 is 41.9 Å². The van der Waals surface area contributed by atoms with Crippen LogP contribution < -0.4 is 20.7 Å². The molecule has 0 bridgehead atoms. The van der Waals surface area contributed by atoms with Crippen LogP contribution in [0.5, 0.6) is 5.75 Å². The number of ether oxygens (including phenoxy) is 2. The average Bonchev–Trinajstić information content (AvgIpc) is 3.52. The molecule has 7 rings (SSSR count). The van der Waals surface area contributed by atoms with Crippen molar-refractivity contribution in [1.29, 1.82) is 0 Å². The van der Waals surface area contributed by atoms with Crippen molar-refractivity contribution in [1.82, 2.24) is 25.1 Å². The molecule has 1 aromatic heterocycles. The van der Waals surface area contributed by atoms with Crippen LogP contribution in [0.15, 0.2) is 70.6 Å². The summed E-state index contributed by atoms with van der Waals surface area (Å²) >= 11 is 7.86. The van der Waals surface area contributed by atoms with Gasteiger partial charge in [0.25, 0.3) is 11.8 Å². The average molecular weight is 947 g/mol. The number of hydrogen-bond acceptors (Lipinski definition) is 14. The molecule has 65 heavy (non-hydrogen) atoms. The number of hydrogen-bond donors (Lipinski definition) is 3. The predicted octanol–water partition coefficient (Wildman–Crippen LogP) is 7.20. The maximum Gasteiger partial charge on any atom is 0.263 e. The van der Waals surface area contributed by atoms with E-state index in [0.717, 1.165) is 28.9 Å². The van der Waals surface area contributed by atoms with Gasteiger partial charge in [-0.3, -0.25) is 34.2 Å². The van der Waals surface area contributed by atoms with E-state index in [-0.39, 0.29) is 76.6 Å². The first-order valence-electron chi connectivity index (χ1n) is 21.6. The number of imide groups is 2. The first-order chi connectivity index (χ1) is 31.0. The highest BCUT2D eigenvalue weighted by Crippen LogP contribution is 2.39. The van der Waals surface area contributed by atoms with Crippen molar-refractivity contribution in [3.05, 3.63) is 88.1 Å². The number of likely N-dealkylation sites (tertiary alicyclic amines) is 1. The Labute approximate surface area is 387 Å². The molecule has 16 nitrogen and oxygen atoms in total. The van der Waals surface area contributed by atoms with E-state index in [1.54, 1.807) is 56.3 Å². The van der Waals surface area contributed by atoms with Crippen LogP contribution in [0, 0.1) is 6.92 Å². The molecule has 0 spiro atoms. The fourth-order valence-corrected chi connectivity index (χ4v) is 10.4. The molecule has 19 heteroatoms. The lowest BCUT2D eigenvalue weighted by molar-refractivity contribution is -0.136. The molecule has 1 atom stereocenters. The van der Waals surface area contributed by atoms with Crippen molar-refractivity contribution in [3.63, 3.8) is 0 Å². The Morgan fingerprint density at radius 3 is 2.43 bits per heavy atom. The first kappa shape index (κ1) is 47.4. The fourth-order valence-electron chi connectivity index (χ4n) is 8.10. The van der Waals surface area contributed by atoms with E-state index in [1.807, 2.05) is 37.8 Å². The largest absolute Gasteiger partial charge is 0.489 e. The number of halogens is 1. The molecule has 0 aliphatic carbocycles. The van der Waals surface area contributed by atoms with Crippen molar-refractivity contribution in [2.75, 3.05) is 42.7 Å². The number of aryl methyl sites for hydroxylation is 1. The van der Waals surface area contributed by atoms with Crippen molar-refractivity contribution in [2.24, 2.45) is 0 Å². The summed E-state index contributed by atoms with van der Waals surface area (Å²) in [7, 11) is -3.60. The van der Waals surface area contributed by atoms with Crippen LogP contribution in [-0.4, -0.2) is 107 Å². The van der Waals surface area contributed by atoms with E-state index in [9.17, 15) is 32.4 Å². The quantitative estimate of drug-likeness (QED) is 0.0544. The molecule has 2 saturated heterocycles. The first-order valence-corrected chi connectivity index (χ1v) is 24.5. The van der Waals surface area contributed by atoms with Gasteiger partial charge >= 0.3 is 0 Å². The van der Waals surface area contributed by atoms with Crippen molar-refractivity contribution >= 4 is 85.9 Å². The van der Waals surface area contributed by atoms with Gasteiger partial charge in [-0.1, -0.05) is 29.8 Å². The smallest absolute Gasteiger partial charge is 0.263 e. The molecule has 0 saturated carbocycles. The zero-order chi connectivity index (χ0) is 46.6. The van der Waals surface area contributed by atoms with Crippen molar-refractivity contribution in [2.45, 2.75) is 99.8 Å². The number of carbonyl (C=O) groups excluding carboxylic acids is 5. The van der Waals surface area contributed by atoms with Crippen LogP contribution in [0.2, 0.25) is 5.02 Å².